The van der Waals surface area contributed by atoms with Crippen LogP contribution in [0.25, 0.3) is 0 Å². The van der Waals surface area contributed by atoms with E-state index in [0.717, 1.165) is 12.0 Å². The first-order valence-corrected chi connectivity index (χ1v) is 6.35. The van der Waals surface area contributed by atoms with Crippen LogP contribution in [0.15, 0.2) is 30.3 Å². The Balaban J connectivity index is 2.37. The predicted molar refractivity (Wildman–Crippen MR) is 56.5 cm³/mol. The summed E-state index contributed by atoms with van der Waals surface area (Å²) in [4.78, 5) is 0. The smallest absolute Gasteiger partial charge is 0.164 e. The molecular formula is C10H14NO2S. The van der Waals surface area contributed by atoms with Gasteiger partial charge in [-0.05, 0) is 18.4 Å². The molecule has 0 amide bonds. The van der Waals surface area contributed by atoms with Crippen molar-refractivity contribution in [1.29, 1.82) is 0 Å². The molecule has 1 rings (SSSR count). The van der Waals surface area contributed by atoms with Crippen molar-refractivity contribution >= 4 is 9.84 Å². The van der Waals surface area contributed by atoms with Crippen molar-refractivity contribution in [2.45, 2.75) is 12.8 Å². The minimum atomic E-state index is -3.12. The van der Waals surface area contributed by atoms with Crippen LogP contribution in [-0.2, 0) is 16.3 Å². The standard InChI is InChI=1S/C10H14NO2S/c11-9-14(12,13)8-4-7-10-5-2-1-3-6-10/h1-3,5-6,11H,4,7-9H2. The van der Waals surface area contributed by atoms with Crippen LogP contribution in [0.5, 0.6) is 0 Å². The van der Waals surface area contributed by atoms with E-state index >= 15 is 0 Å². The zero-order valence-electron chi connectivity index (χ0n) is 7.94. The second kappa shape index (κ2) is 5.12. The van der Waals surface area contributed by atoms with Crippen LogP contribution in [0, 0.1) is 0 Å². The van der Waals surface area contributed by atoms with Crippen LogP contribution < -0.4 is 5.73 Å². The molecule has 0 spiro atoms. The van der Waals surface area contributed by atoms with Gasteiger partial charge in [0.25, 0.3) is 0 Å². The first-order valence-electron chi connectivity index (χ1n) is 4.53. The van der Waals surface area contributed by atoms with Crippen LogP contribution in [0.2, 0.25) is 0 Å². The summed E-state index contributed by atoms with van der Waals surface area (Å²) in [6.07, 6.45) is 1.37. The van der Waals surface area contributed by atoms with Gasteiger partial charge in [0.15, 0.2) is 9.84 Å². The molecule has 0 aliphatic rings. The van der Waals surface area contributed by atoms with Crippen LogP contribution in [0.1, 0.15) is 12.0 Å². The molecule has 0 aliphatic heterocycles. The number of sulfone groups is 1. The summed E-state index contributed by atoms with van der Waals surface area (Å²) in [5.74, 6) is -0.382. The number of aryl methyl sites for hydroxylation is 1. The Morgan fingerprint density at radius 1 is 1.14 bits per heavy atom. The third kappa shape index (κ3) is 3.89. The Morgan fingerprint density at radius 2 is 1.79 bits per heavy atom. The summed E-state index contributed by atoms with van der Waals surface area (Å²) < 4.78 is 22.0. The van der Waals surface area contributed by atoms with Crippen molar-refractivity contribution in [3.63, 3.8) is 0 Å². The first kappa shape index (κ1) is 11.2. The van der Waals surface area contributed by atoms with E-state index in [1.807, 2.05) is 30.3 Å². The van der Waals surface area contributed by atoms with Gasteiger partial charge in [0, 0.05) is 0 Å². The Kier molecular flexibility index (Phi) is 4.10. The molecule has 0 saturated heterocycles. The van der Waals surface area contributed by atoms with Crippen molar-refractivity contribution in [2.75, 3.05) is 11.6 Å². The third-order valence-corrected chi connectivity index (χ3v) is 3.33. The number of hydrogen-bond donors (Lipinski definition) is 0. The predicted octanol–water partition coefficient (Wildman–Crippen LogP) is 1.27. The molecular weight excluding hydrogens is 198 g/mol. The van der Waals surface area contributed by atoms with E-state index in [-0.39, 0.29) is 5.75 Å². The zero-order chi connectivity index (χ0) is 10.4. The number of nitrogens with one attached hydrogen (secondary N) is 1. The molecule has 0 bridgehead atoms. The molecule has 0 aromatic heterocycles. The summed E-state index contributed by atoms with van der Waals surface area (Å²) in [6.45, 7) is 0. The molecule has 1 radical (unpaired) electrons. The van der Waals surface area contributed by atoms with E-state index in [2.05, 4.69) is 0 Å². The highest BCUT2D eigenvalue weighted by Gasteiger charge is 2.06. The van der Waals surface area contributed by atoms with Gasteiger partial charge in [-0.2, -0.15) is 0 Å². The topological polar surface area (TPSA) is 57.9 Å². The lowest BCUT2D eigenvalue weighted by Crippen LogP contribution is -2.12. The largest absolute Gasteiger partial charge is 0.242 e. The van der Waals surface area contributed by atoms with E-state index < -0.39 is 15.7 Å². The fourth-order valence-corrected chi connectivity index (χ4v) is 1.94. The molecule has 0 fully saturated rings. The fourth-order valence-electron chi connectivity index (χ4n) is 1.21. The minimum absolute atomic E-state index is 0.116. The normalized spacial score (nSPS) is 11.5. The molecule has 77 valence electrons. The minimum Gasteiger partial charge on any atom is -0.242 e. The van der Waals surface area contributed by atoms with Gasteiger partial charge in [-0.25, -0.2) is 14.2 Å². The Hall–Kier alpha value is -0.870. The molecule has 1 aromatic carbocycles. The van der Waals surface area contributed by atoms with Gasteiger partial charge in [-0.3, -0.25) is 0 Å². The zero-order valence-corrected chi connectivity index (χ0v) is 8.76. The van der Waals surface area contributed by atoms with Crippen molar-refractivity contribution in [3.05, 3.63) is 35.9 Å². The highest BCUT2D eigenvalue weighted by atomic mass is 32.2. The first-order chi connectivity index (χ1) is 6.64. The van der Waals surface area contributed by atoms with Crippen molar-refractivity contribution in [3.8, 4) is 0 Å². The quantitative estimate of drug-likeness (QED) is 0.738. The van der Waals surface area contributed by atoms with Gasteiger partial charge in [0.2, 0.25) is 0 Å². The van der Waals surface area contributed by atoms with E-state index in [0.29, 0.717) is 6.42 Å². The summed E-state index contributed by atoms with van der Waals surface area (Å²) in [5, 5.41) is 0. The molecule has 1 aromatic rings. The average molecular weight is 212 g/mol. The lowest BCUT2D eigenvalue weighted by molar-refractivity contribution is 0.593. The Labute approximate surface area is 84.9 Å². The van der Waals surface area contributed by atoms with Crippen molar-refractivity contribution < 1.29 is 8.42 Å². The van der Waals surface area contributed by atoms with Gasteiger partial charge in [-0.1, -0.05) is 30.3 Å². The Bertz CT molecular complexity index is 359. The van der Waals surface area contributed by atoms with Gasteiger partial charge in [0.05, 0.1) is 5.75 Å². The Morgan fingerprint density at radius 3 is 2.36 bits per heavy atom. The van der Waals surface area contributed by atoms with Gasteiger partial charge >= 0.3 is 0 Å². The molecule has 3 nitrogen and oxygen atoms in total. The molecule has 4 heteroatoms. The highest BCUT2D eigenvalue weighted by Crippen LogP contribution is 2.03. The summed E-state index contributed by atoms with van der Waals surface area (Å²) in [7, 11) is -3.12. The monoisotopic (exact) mass is 212 g/mol. The van der Waals surface area contributed by atoms with Crippen molar-refractivity contribution in [2.24, 2.45) is 0 Å². The van der Waals surface area contributed by atoms with Crippen molar-refractivity contribution in [1.82, 2.24) is 5.73 Å². The average Bonchev–Trinajstić information content (AvgIpc) is 2.19. The van der Waals surface area contributed by atoms with Crippen LogP contribution in [0.3, 0.4) is 0 Å². The SMILES string of the molecule is [NH]CS(=O)(=O)CCCc1ccccc1. The van der Waals surface area contributed by atoms with Crippen LogP contribution >= 0.6 is 0 Å². The van der Waals surface area contributed by atoms with E-state index in [9.17, 15) is 8.42 Å². The molecule has 1 N–H and O–H groups in total. The molecule has 0 unspecified atom stereocenters. The number of benzene rings is 1. The van der Waals surface area contributed by atoms with E-state index in [4.69, 9.17) is 5.73 Å². The lowest BCUT2D eigenvalue weighted by Gasteiger charge is -2.01. The number of rotatable bonds is 5. The maximum atomic E-state index is 11.0. The summed E-state index contributed by atoms with van der Waals surface area (Å²) in [6, 6.07) is 9.77. The molecule has 0 saturated carbocycles. The molecule has 0 heterocycles. The maximum absolute atomic E-state index is 11.0. The second-order valence-corrected chi connectivity index (χ2v) is 5.37. The third-order valence-electron chi connectivity index (χ3n) is 1.98. The molecule has 0 aliphatic carbocycles. The van der Waals surface area contributed by atoms with E-state index in [1.165, 1.54) is 0 Å². The van der Waals surface area contributed by atoms with Crippen LogP contribution in [0.4, 0.5) is 0 Å². The molecule has 14 heavy (non-hydrogen) atoms. The van der Waals surface area contributed by atoms with Crippen LogP contribution in [-0.4, -0.2) is 20.0 Å². The van der Waals surface area contributed by atoms with Gasteiger partial charge in [-0.15, -0.1) is 0 Å². The summed E-state index contributed by atoms with van der Waals surface area (Å²) in [5.41, 5.74) is 7.95. The fraction of sp³-hybridized carbons (Fsp3) is 0.400. The second-order valence-electron chi connectivity index (χ2n) is 3.18. The lowest BCUT2D eigenvalue weighted by atomic mass is 10.1. The maximum Gasteiger partial charge on any atom is 0.164 e. The summed E-state index contributed by atoms with van der Waals surface area (Å²) >= 11 is 0. The number of hydrogen-bond acceptors (Lipinski definition) is 2. The van der Waals surface area contributed by atoms with Gasteiger partial charge < -0.3 is 0 Å². The highest BCUT2D eigenvalue weighted by molar-refractivity contribution is 7.91. The van der Waals surface area contributed by atoms with Gasteiger partial charge in [0.1, 0.15) is 5.88 Å². The van der Waals surface area contributed by atoms with E-state index in [1.54, 1.807) is 0 Å². The molecule has 0 atom stereocenters.